The van der Waals surface area contributed by atoms with Crippen LogP contribution >= 0.6 is 11.3 Å². The zero-order valence-electron chi connectivity index (χ0n) is 11.8. The maximum atomic E-state index is 12.6. The number of methoxy groups -OCH3 is 1. The first-order valence-electron chi connectivity index (χ1n) is 6.90. The molecular formula is C13H20N2O3S2. The van der Waals surface area contributed by atoms with Crippen LogP contribution in [0.3, 0.4) is 0 Å². The average Bonchev–Trinajstić information content (AvgIpc) is 3.27. The highest BCUT2D eigenvalue weighted by Gasteiger charge is 2.56. The first-order chi connectivity index (χ1) is 9.47. The lowest BCUT2D eigenvalue weighted by atomic mass is 10.2. The van der Waals surface area contributed by atoms with Gasteiger partial charge in [-0.3, -0.25) is 0 Å². The fourth-order valence-corrected chi connectivity index (χ4v) is 5.29. The minimum atomic E-state index is -3.36. The van der Waals surface area contributed by atoms with Gasteiger partial charge in [-0.25, -0.2) is 18.1 Å². The lowest BCUT2D eigenvalue weighted by Gasteiger charge is -2.21. The zero-order valence-corrected chi connectivity index (χ0v) is 13.4. The summed E-state index contributed by atoms with van der Waals surface area (Å²) in [6, 6.07) is -0.159. The predicted octanol–water partition coefficient (Wildman–Crippen LogP) is 2.00. The molecule has 0 saturated heterocycles. The molecule has 0 bridgehead atoms. The van der Waals surface area contributed by atoms with Crippen molar-refractivity contribution in [2.45, 2.75) is 43.4 Å². The van der Waals surface area contributed by atoms with Gasteiger partial charge in [0.05, 0.1) is 12.6 Å². The van der Waals surface area contributed by atoms with Gasteiger partial charge in [0.25, 0.3) is 0 Å². The highest BCUT2D eigenvalue weighted by Crippen LogP contribution is 2.47. The van der Waals surface area contributed by atoms with E-state index < -0.39 is 14.8 Å². The van der Waals surface area contributed by atoms with Crippen molar-refractivity contribution in [2.24, 2.45) is 5.92 Å². The van der Waals surface area contributed by atoms with Gasteiger partial charge in [-0.2, -0.15) is 0 Å². The Balaban J connectivity index is 1.80. The fraction of sp³-hybridized carbons (Fsp3) is 0.769. The molecule has 2 saturated carbocycles. The molecule has 1 aromatic rings. The SMILES string of the molecule is COCC1(S(=O)(=O)NC(c2nc(C)cs2)C2CC2)CC1. The molecule has 2 aliphatic rings. The minimum Gasteiger partial charge on any atom is -0.383 e. The molecule has 5 nitrogen and oxygen atoms in total. The summed E-state index contributed by atoms with van der Waals surface area (Å²) < 4.78 is 32.5. The van der Waals surface area contributed by atoms with E-state index in [0.29, 0.717) is 18.8 Å². The summed E-state index contributed by atoms with van der Waals surface area (Å²) in [4.78, 5) is 4.47. The van der Waals surface area contributed by atoms with Gasteiger partial charge in [-0.15, -0.1) is 11.3 Å². The van der Waals surface area contributed by atoms with Crippen LogP contribution in [0.15, 0.2) is 5.38 Å². The maximum absolute atomic E-state index is 12.6. The number of aromatic nitrogens is 1. The average molecular weight is 316 g/mol. The number of nitrogens with one attached hydrogen (secondary N) is 1. The Morgan fingerprint density at radius 2 is 2.25 bits per heavy atom. The molecule has 0 aliphatic heterocycles. The van der Waals surface area contributed by atoms with E-state index >= 15 is 0 Å². The largest absolute Gasteiger partial charge is 0.383 e. The zero-order chi connectivity index (χ0) is 14.4. The van der Waals surface area contributed by atoms with E-state index in [1.165, 1.54) is 0 Å². The minimum absolute atomic E-state index is 0.159. The molecule has 1 N–H and O–H groups in total. The Kier molecular flexibility index (Phi) is 3.64. The Morgan fingerprint density at radius 3 is 2.70 bits per heavy atom. The van der Waals surface area contributed by atoms with E-state index in [2.05, 4.69) is 9.71 Å². The monoisotopic (exact) mass is 316 g/mol. The number of nitrogens with zero attached hydrogens (tertiary/aromatic N) is 1. The van der Waals surface area contributed by atoms with Gasteiger partial charge in [0.15, 0.2) is 0 Å². The summed E-state index contributed by atoms with van der Waals surface area (Å²) >= 11 is 1.54. The summed E-state index contributed by atoms with van der Waals surface area (Å²) in [7, 11) is -1.81. The number of sulfonamides is 1. The van der Waals surface area contributed by atoms with Crippen molar-refractivity contribution in [1.82, 2.24) is 9.71 Å². The lowest BCUT2D eigenvalue weighted by Crippen LogP contribution is -2.41. The van der Waals surface area contributed by atoms with Crippen LogP contribution in [0, 0.1) is 12.8 Å². The molecule has 20 heavy (non-hydrogen) atoms. The fourth-order valence-electron chi connectivity index (χ4n) is 2.48. The summed E-state index contributed by atoms with van der Waals surface area (Å²) in [6.45, 7) is 2.21. The van der Waals surface area contributed by atoms with Crippen molar-refractivity contribution < 1.29 is 13.2 Å². The normalized spacial score (nSPS) is 22.7. The Bertz CT molecular complexity index is 589. The molecule has 0 amide bonds. The van der Waals surface area contributed by atoms with Gasteiger partial charge in [0.1, 0.15) is 9.75 Å². The van der Waals surface area contributed by atoms with Crippen molar-refractivity contribution in [3.63, 3.8) is 0 Å². The molecule has 2 aliphatic carbocycles. The molecule has 1 unspecified atom stereocenters. The van der Waals surface area contributed by atoms with Crippen LogP contribution in [-0.2, 0) is 14.8 Å². The molecule has 112 valence electrons. The topological polar surface area (TPSA) is 68.3 Å². The molecule has 7 heteroatoms. The number of hydrogen-bond donors (Lipinski definition) is 1. The highest BCUT2D eigenvalue weighted by atomic mass is 32.2. The van der Waals surface area contributed by atoms with Crippen LogP contribution in [0.2, 0.25) is 0 Å². The van der Waals surface area contributed by atoms with E-state index in [9.17, 15) is 8.42 Å². The van der Waals surface area contributed by atoms with Crippen LogP contribution in [0.25, 0.3) is 0 Å². The molecule has 0 aromatic carbocycles. The third kappa shape index (κ3) is 2.64. The standard InChI is InChI=1S/C13H20N2O3S2/c1-9-7-19-12(14-9)11(10-3-4-10)15-20(16,17)13(5-6-13)8-18-2/h7,10-11,15H,3-6,8H2,1-2H3. The Morgan fingerprint density at radius 1 is 1.55 bits per heavy atom. The number of thiazole rings is 1. The van der Waals surface area contributed by atoms with Crippen molar-refractivity contribution in [3.05, 3.63) is 16.1 Å². The Labute approximate surface area is 123 Å². The third-order valence-corrected chi connectivity index (χ3v) is 7.34. The number of ether oxygens (including phenoxy) is 1. The van der Waals surface area contributed by atoms with Gasteiger partial charge >= 0.3 is 0 Å². The predicted molar refractivity (Wildman–Crippen MR) is 78.2 cm³/mol. The van der Waals surface area contributed by atoms with Crippen molar-refractivity contribution in [2.75, 3.05) is 13.7 Å². The third-order valence-electron chi connectivity index (χ3n) is 4.06. The van der Waals surface area contributed by atoms with Gasteiger partial charge in [-0.05, 0) is 38.5 Å². The van der Waals surface area contributed by atoms with Gasteiger partial charge in [-0.1, -0.05) is 0 Å². The number of aryl methyl sites for hydroxylation is 1. The van der Waals surface area contributed by atoms with E-state index in [4.69, 9.17) is 4.74 Å². The first-order valence-corrected chi connectivity index (χ1v) is 9.26. The summed E-state index contributed by atoms with van der Waals surface area (Å²) in [5.74, 6) is 0.397. The van der Waals surface area contributed by atoms with Crippen molar-refractivity contribution in [3.8, 4) is 0 Å². The molecular weight excluding hydrogens is 296 g/mol. The summed E-state index contributed by atoms with van der Waals surface area (Å²) in [5, 5.41) is 2.86. The molecule has 0 radical (unpaired) electrons. The summed E-state index contributed by atoms with van der Waals surface area (Å²) in [6.07, 6.45) is 3.51. The quantitative estimate of drug-likeness (QED) is 0.835. The highest BCUT2D eigenvalue weighted by molar-refractivity contribution is 7.91. The maximum Gasteiger partial charge on any atom is 0.220 e. The van der Waals surface area contributed by atoms with E-state index in [-0.39, 0.29) is 12.6 Å². The molecule has 0 spiro atoms. The van der Waals surface area contributed by atoms with Gasteiger partial charge in [0, 0.05) is 18.2 Å². The first kappa shape index (κ1) is 14.4. The van der Waals surface area contributed by atoms with Gasteiger partial charge in [0.2, 0.25) is 10.0 Å². The van der Waals surface area contributed by atoms with E-state index in [0.717, 1.165) is 23.5 Å². The Hall–Kier alpha value is -0.500. The van der Waals surface area contributed by atoms with Crippen molar-refractivity contribution >= 4 is 21.4 Å². The molecule has 2 fully saturated rings. The van der Waals surface area contributed by atoms with E-state index in [1.807, 2.05) is 12.3 Å². The molecule has 1 heterocycles. The molecule has 1 aromatic heterocycles. The van der Waals surface area contributed by atoms with Crippen LogP contribution < -0.4 is 4.72 Å². The molecule has 1 atom stereocenters. The molecule has 3 rings (SSSR count). The number of hydrogen-bond acceptors (Lipinski definition) is 5. The van der Waals surface area contributed by atoms with E-state index in [1.54, 1.807) is 18.4 Å². The lowest BCUT2D eigenvalue weighted by molar-refractivity contribution is 0.191. The second kappa shape index (κ2) is 5.05. The number of rotatable bonds is 7. The van der Waals surface area contributed by atoms with Crippen molar-refractivity contribution in [1.29, 1.82) is 0 Å². The van der Waals surface area contributed by atoms with Crippen LogP contribution in [0.1, 0.15) is 42.4 Å². The second-order valence-electron chi connectivity index (χ2n) is 5.88. The summed E-state index contributed by atoms with van der Waals surface area (Å²) in [5.41, 5.74) is 0.952. The van der Waals surface area contributed by atoms with Crippen LogP contribution in [0.4, 0.5) is 0 Å². The van der Waals surface area contributed by atoms with Gasteiger partial charge < -0.3 is 4.74 Å². The van der Waals surface area contributed by atoms with Crippen LogP contribution in [-0.4, -0.2) is 31.9 Å². The second-order valence-corrected chi connectivity index (χ2v) is 8.88. The van der Waals surface area contributed by atoms with Crippen LogP contribution in [0.5, 0.6) is 0 Å². The smallest absolute Gasteiger partial charge is 0.220 e.